The van der Waals surface area contributed by atoms with Gasteiger partial charge < -0.3 is 15.2 Å². The van der Waals surface area contributed by atoms with Crippen LogP contribution in [0.4, 0.5) is 5.69 Å². The van der Waals surface area contributed by atoms with Crippen LogP contribution in [-0.4, -0.2) is 27.4 Å². The summed E-state index contributed by atoms with van der Waals surface area (Å²) in [5, 5.41) is 0. The molecule has 0 aliphatic heterocycles. The Kier molecular flexibility index (Phi) is 3.85. The number of nitrogens with two attached hydrogens (primary N) is 1. The number of benzene rings is 1. The van der Waals surface area contributed by atoms with Gasteiger partial charge in [-0.25, -0.2) is 4.98 Å². The summed E-state index contributed by atoms with van der Waals surface area (Å²) >= 11 is 0. The lowest BCUT2D eigenvalue weighted by Crippen LogP contribution is -2.28. The minimum absolute atomic E-state index is 0.0628. The molecule has 0 radical (unpaired) electrons. The van der Waals surface area contributed by atoms with E-state index >= 15 is 0 Å². The number of amides is 1. The van der Waals surface area contributed by atoms with Crippen molar-refractivity contribution in [3.05, 3.63) is 48.0 Å². The number of aryl methyl sites for hydroxylation is 1. The summed E-state index contributed by atoms with van der Waals surface area (Å²) in [6, 6.07) is 7.37. The van der Waals surface area contributed by atoms with Crippen LogP contribution in [0.2, 0.25) is 0 Å². The molecule has 0 aliphatic rings. The van der Waals surface area contributed by atoms with Gasteiger partial charge in [0.25, 0.3) is 0 Å². The molecule has 1 heterocycles. The third-order valence-corrected chi connectivity index (χ3v) is 3.06. The fourth-order valence-corrected chi connectivity index (χ4v) is 1.79. The molecule has 2 aromatic rings. The number of likely N-dealkylation sites (N-methyl/N-ethyl adjacent to an activating group) is 1. The van der Waals surface area contributed by atoms with Crippen LogP contribution in [0.1, 0.15) is 11.4 Å². The van der Waals surface area contributed by atoms with Crippen molar-refractivity contribution in [3.63, 3.8) is 0 Å². The minimum Gasteiger partial charge on any atom is -0.399 e. The third-order valence-electron chi connectivity index (χ3n) is 3.06. The van der Waals surface area contributed by atoms with Crippen molar-refractivity contribution in [2.24, 2.45) is 7.05 Å². The molecular weight excluding hydrogens is 240 g/mol. The maximum Gasteiger partial charge on any atom is 0.227 e. The summed E-state index contributed by atoms with van der Waals surface area (Å²) < 4.78 is 1.91. The van der Waals surface area contributed by atoms with Gasteiger partial charge in [0.2, 0.25) is 5.91 Å². The first-order valence-electron chi connectivity index (χ1n) is 6.11. The molecule has 0 fully saturated rings. The van der Waals surface area contributed by atoms with E-state index in [0.29, 0.717) is 18.7 Å². The molecule has 0 saturated heterocycles. The molecule has 2 N–H and O–H groups in total. The molecule has 0 spiro atoms. The molecule has 1 aromatic heterocycles. The van der Waals surface area contributed by atoms with Gasteiger partial charge in [-0.15, -0.1) is 0 Å². The molecule has 1 aromatic carbocycles. The molecule has 5 nitrogen and oxygen atoms in total. The van der Waals surface area contributed by atoms with Crippen LogP contribution in [-0.2, 0) is 24.8 Å². The maximum absolute atomic E-state index is 12.1. The van der Waals surface area contributed by atoms with Crippen molar-refractivity contribution in [1.29, 1.82) is 0 Å². The molecule has 0 aliphatic carbocycles. The lowest BCUT2D eigenvalue weighted by molar-refractivity contribution is -0.129. The predicted molar refractivity (Wildman–Crippen MR) is 74.2 cm³/mol. The Morgan fingerprint density at radius 2 is 2.05 bits per heavy atom. The fourth-order valence-electron chi connectivity index (χ4n) is 1.79. The fraction of sp³-hybridized carbons (Fsp3) is 0.286. The van der Waals surface area contributed by atoms with Gasteiger partial charge in [-0.1, -0.05) is 12.1 Å². The van der Waals surface area contributed by atoms with Gasteiger partial charge in [-0.2, -0.15) is 0 Å². The van der Waals surface area contributed by atoms with E-state index in [9.17, 15) is 4.79 Å². The summed E-state index contributed by atoms with van der Waals surface area (Å²) in [5.74, 6) is 0.931. The maximum atomic E-state index is 12.1. The Morgan fingerprint density at radius 1 is 1.37 bits per heavy atom. The van der Waals surface area contributed by atoms with Crippen LogP contribution >= 0.6 is 0 Å². The molecule has 0 saturated carbocycles. The summed E-state index contributed by atoms with van der Waals surface area (Å²) in [4.78, 5) is 18.0. The van der Waals surface area contributed by atoms with Gasteiger partial charge in [0.15, 0.2) is 0 Å². The molecule has 0 bridgehead atoms. The molecule has 1 amide bonds. The van der Waals surface area contributed by atoms with Crippen LogP contribution in [0, 0.1) is 0 Å². The summed E-state index contributed by atoms with van der Waals surface area (Å²) in [5.41, 5.74) is 7.29. The zero-order valence-electron chi connectivity index (χ0n) is 11.2. The number of nitrogens with zero attached hydrogens (tertiary/aromatic N) is 3. The number of nitrogen functional groups attached to an aromatic ring is 1. The number of imidazole rings is 1. The highest BCUT2D eigenvalue weighted by Crippen LogP contribution is 2.08. The van der Waals surface area contributed by atoms with E-state index in [4.69, 9.17) is 5.73 Å². The molecule has 2 rings (SSSR count). The van der Waals surface area contributed by atoms with Gasteiger partial charge >= 0.3 is 0 Å². The molecule has 0 unspecified atom stereocenters. The zero-order chi connectivity index (χ0) is 13.8. The third kappa shape index (κ3) is 3.34. The van der Waals surface area contributed by atoms with Crippen LogP contribution < -0.4 is 5.73 Å². The molecular formula is C14H18N4O. The average Bonchev–Trinajstić information content (AvgIpc) is 2.78. The number of carbonyl (C=O) groups excluding carboxylic acids is 1. The smallest absolute Gasteiger partial charge is 0.227 e. The van der Waals surface area contributed by atoms with Crippen LogP contribution in [0.25, 0.3) is 0 Å². The first kappa shape index (κ1) is 13.1. The Bertz CT molecular complexity index is 559. The molecule has 100 valence electrons. The minimum atomic E-state index is 0.0628. The van der Waals surface area contributed by atoms with Crippen LogP contribution in [0.3, 0.4) is 0 Å². The Balaban J connectivity index is 1.96. The standard InChI is InChI=1S/C14H18N4O/c1-17-8-7-16-13(17)10-18(2)14(19)9-11-3-5-12(15)6-4-11/h3-8H,9-10,15H2,1-2H3. The van der Waals surface area contributed by atoms with Gasteiger partial charge in [-0.3, -0.25) is 4.79 Å². The Labute approximate surface area is 112 Å². The largest absolute Gasteiger partial charge is 0.399 e. The van der Waals surface area contributed by atoms with E-state index in [1.807, 2.05) is 29.9 Å². The number of carbonyl (C=O) groups is 1. The highest BCUT2D eigenvalue weighted by molar-refractivity contribution is 5.78. The molecule has 19 heavy (non-hydrogen) atoms. The van der Waals surface area contributed by atoms with Crippen molar-refractivity contribution in [3.8, 4) is 0 Å². The quantitative estimate of drug-likeness (QED) is 0.838. The number of rotatable bonds is 4. The van der Waals surface area contributed by atoms with E-state index in [0.717, 1.165) is 11.4 Å². The second kappa shape index (κ2) is 5.56. The van der Waals surface area contributed by atoms with Crippen molar-refractivity contribution in [1.82, 2.24) is 14.5 Å². The number of hydrogen-bond donors (Lipinski definition) is 1. The Morgan fingerprint density at radius 3 is 2.63 bits per heavy atom. The van der Waals surface area contributed by atoms with Crippen molar-refractivity contribution < 1.29 is 4.79 Å². The van der Waals surface area contributed by atoms with Gasteiger partial charge in [0.1, 0.15) is 5.82 Å². The second-order valence-electron chi connectivity index (χ2n) is 4.62. The van der Waals surface area contributed by atoms with Crippen molar-refractivity contribution in [2.45, 2.75) is 13.0 Å². The highest BCUT2D eigenvalue weighted by Gasteiger charge is 2.12. The van der Waals surface area contributed by atoms with Crippen molar-refractivity contribution >= 4 is 11.6 Å². The van der Waals surface area contributed by atoms with E-state index in [2.05, 4.69) is 4.98 Å². The monoisotopic (exact) mass is 258 g/mol. The van der Waals surface area contributed by atoms with Crippen molar-refractivity contribution in [2.75, 3.05) is 12.8 Å². The number of aromatic nitrogens is 2. The van der Waals surface area contributed by atoms with Gasteiger partial charge in [0, 0.05) is 32.2 Å². The number of hydrogen-bond acceptors (Lipinski definition) is 3. The SMILES string of the molecule is CN(Cc1nccn1C)C(=O)Cc1ccc(N)cc1. The van der Waals surface area contributed by atoms with Gasteiger partial charge in [-0.05, 0) is 17.7 Å². The highest BCUT2D eigenvalue weighted by atomic mass is 16.2. The lowest BCUT2D eigenvalue weighted by atomic mass is 10.1. The van der Waals surface area contributed by atoms with Gasteiger partial charge in [0.05, 0.1) is 13.0 Å². The first-order valence-corrected chi connectivity index (χ1v) is 6.11. The first-order chi connectivity index (χ1) is 9.06. The zero-order valence-corrected chi connectivity index (χ0v) is 11.2. The van der Waals surface area contributed by atoms with E-state index < -0.39 is 0 Å². The summed E-state index contributed by atoms with van der Waals surface area (Å²) in [6.07, 6.45) is 3.97. The van der Waals surface area contributed by atoms with E-state index in [-0.39, 0.29) is 5.91 Å². The van der Waals surface area contributed by atoms with Crippen LogP contribution in [0.5, 0.6) is 0 Å². The van der Waals surface area contributed by atoms with E-state index in [1.54, 1.807) is 30.3 Å². The lowest BCUT2D eigenvalue weighted by Gasteiger charge is -2.17. The normalized spacial score (nSPS) is 10.4. The second-order valence-corrected chi connectivity index (χ2v) is 4.62. The topological polar surface area (TPSA) is 64.2 Å². The average molecular weight is 258 g/mol. The summed E-state index contributed by atoms with van der Waals surface area (Å²) in [7, 11) is 3.70. The Hall–Kier alpha value is -2.30. The number of anilines is 1. The summed E-state index contributed by atoms with van der Waals surface area (Å²) in [6.45, 7) is 0.511. The van der Waals surface area contributed by atoms with E-state index in [1.165, 1.54) is 0 Å². The predicted octanol–water partition coefficient (Wildman–Crippen LogP) is 1.20. The molecule has 5 heteroatoms. The van der Waals surface area contributed by atoms with Crippen LogP contribution in [0.15, 0.2) is 36.7 Å². The molecule has 0 atom stereocenters.